The molecule has 3 nitrogen and oxygen atoms in total. The van der Waals surface area contributed by atoms with Crippen molar-refractivity contribution in [3.8, 4) is 0 Å². The lowest BCUT2D eigenvalue weighted by atomic mass is 9.92. The van der Waals surface area contributed by atoms with Crippen LogP contribution in [-0.2, 0) is 4.74 Å². The van der Waals surface area contributed by atoms with Crippen molar-refractivity contribution in [1.82, 2.24) is 10.2 Å². The van der Waals surface area contributed by atoms with Gasteiger partial charge in [0.05, 0.1) is 0 Å². The van der Waals surface area contributed by atoms with Gasteiger partial charge in [0.15, 0.2) is 0 Å². The van der Waals surface area contributed by atoms with Gasteiger partial charge in [-0.05, 0) is 50.6 Å². The van der Waals surface area contributed by atoms with E-state index in [1.165, 1.54) is 45.3 Å². The number of nitrogens with one attached hydrogen (secondary N) is 1. The van der Waals surface area contributed by atoms with E-state index in [0.717, 1.165) is 18.6 Å². The lowest BCUT2D eigenvalue weighted by Crippen LogP contribution is -2.48. The van der Waals surface area contributed by atoms with Crippen LogP contribution in [-0.4, -0.2) is 51.3 Å². The number of rotatable bonds is 6. The van der Waals surface area contributed by atoms with Crippen LogP contribution in [0, 0.1) is 11.3 Å². The highest BCUT2D eigenvalue weighted by atomic mass is 16.5. The van der Waals surface area contributed by atoms with Gasteiger partial charge in [-0.3, -0.25) is 0 Å². The smallest absolute Gasteiger partial charge is 0.0468 e. The third-order valence-electron chi connectivity index (χ3n) is 4.71. The molecule has 1 saturated carbocycles. The topological polar surface area (TPSA) is 24.5 Å². The predicted octanol–water partition coefficient (Wildman–Crippen LogP) is 1.73. The van der Waals surface area contributed by atoms with Crippen LogP contribution in [0.15, 0.2) is 0 Å². The van der Waals surface area contributed by atoms with Crippen molar-refractivity contribution in [2.75, 3.05) is 40.4 Å². The summed E-state index contributed by atoms with van der Waals surface area (Å²) in [5.41, 5.74) is 0.613. The minimum atomic E-state index is 0.613. The molecular formula is C14H28N2O. The zero-order valence-electron chi connectivity index (χ0n) is 11.7. The van der Waals surface area contributed by atoms with Gasteiger partial charge in [-0.15, -0.1) is 0 Å². The Bertz CT molecular complexity index is 240. The Morgan fingerprint density at radius 3 is 2.71 bits per heavy atom. The number of nitrogens with zero attached hydrogens (tertiary/aromatic N) is 1. The fraction of sp³-hybridized carbons (Fsp3) is 1.00. The average molecular weight is 240 g/mol. The minimum Gasteiger partial charge on any atom is -0.385 e. The summed E-state index contributed by atoms with van der Waals surface area (Å²) in [7, 11) is 3.91. The molecule has 2 fully saturated rings. The molecular weight excluding hydrogens is 212 g/mol. The van der Waals surface area contributed by atoms with Gasteiger partial charge in [0, 0.05) is 32.8 Å². The lowest BCUT2D eigenvalue weighted by Gasteiger charge is -2.38. The number of hydrogen-bond donors (Lipinski definition) is 1. The molecule has 0 aromatic heterocycles. The molecule has 2 aliphatic rings. The van der Waals surface area contributed by atoms with Gasteiger partial charge >= 0.3 is 0 Å². The minimum absolute atomic E-state index is 0.613. The molecule has 3 heteroatoms. The summed E-state index contributed by atoms with van der Waals surface area (Å²) in [6.07, 6.45) is 5.38. The Hall–Kier alpha value is -0.120. The Kier molecular flexibility index (Phi) is 4.45. The molecule has 0 spiro atoms. The summed E-state index contributed by atoms with van der Waals surface area (Å²) in [5, 5.41) is 3.44. The maximum absolute atomic E-state index is 5.23. The Morgan fingerprint density at radius 1 is 1.41 bits per heavy atom. The SMILES string of the molecule is CNC1CCN(CC2(CCOC)CC2)CC1C. The fourth-order valence-electron chi connectivity index (χ4n) is 3.26. The largest absolute Gasteiger partial charge is 0.385 e. The summed E-state index contributed by atoms with van der Waals surface area (Å²) in [5.74, 6) is 0.784. The van der Waals surface area contributed by atoms with Gasteiger partial charge < -0.3 is 15.0 Å². The fourth-order valence-corrected chi connectivity index (χ4v) is 3.26. The average Bonchev–Trinajstić information content (AvgIpc) is 3.07. The molecule has 1 N–H and O–H groups in total. The van der Waals surface area contributed by atoms with Gasteiger partial charge in [0.25, 0.3) is 0 Å². The van der Waals surface area contributed by atoms with E-state index < -0.39 is 0 Å². The van der Waals surface area contributed by atoms with Gasteiger partial charge in [0.1, 0.15) is 0 Å². The van der Waals surface area contributed by atoms with E-state index in [1.807, 2.05) is 7.11 Å². The van der Waals surface area contributed by atoms with E-state index >= 15 is 0 Å². The molecule has 0 bridgehead atoms. The normalized spacial score (nSPS) is 32.6. The van der Waals surface area contributed by atoms with E-state index in [2.05, 4.69) is 24.2 Å². The first kappa shape index (κ1) is 13.3. The second-order valence-corrected chi connectivity index (χ2v) is 6.14. The zero-order chi connectivity index (χ0) is 12.3. The maximum Gasteiger partial charge on any atom is 0.0468 e. The van der Waals surface area contributed by atoms with E-state index in [4.69, 9.17) is 4.74 Å². The molecule has 2 atom stereocenters. The second-order valence-electron chi connectivity index (χ2n) is 6.14. The molecule has 0 radical (unpaired) electrons. The lowest BCUT2D eigenvalue weighted by molar-refractivity contribution is 0.107. The number of ether oxygens (including phenoxy) is 1. The highest BCUT2D eigenvalue weighted by Crippen LogP contribution is 2.49. The molecule has 0 aromatic carbocycles. The predicted molar refractivity (Wildman–Crippen MR) is 71.2 cm³/mol. The highest BCUT2D eigenvalue weighted by molar-refractivity contribution is 4.96. The van der Waals surface area contributed by atoms with Crippen molar-refractivity contribution in [2.24, 2.45) is 11.3 Å². The summed E-state index contributed by atoms with van der Waals surface area (Å²) in [4.78, 5) is 2.68. The van der Waals surface area contributed by atoms with Crippen molar-refractivity contribution >= 4 is 0 Å². The summed E-state index contributed by atoms with van der Waals surface area (Å²) >= 11 is 0. The van der Waals surface area contributed by atoms with Gasteiger partial charge in [-0.25, -0.2) is 0 Å². The van der Waals surface area contributed by atoms with Gasteiger partial charge in [-0.1, -0.05) is 6.92 Å². The summed E-state index contributed by atoms with van der Waals surface area (Å²) in [6.45, 7) is 7.15. The first-order chi connectivity index (χ1) is 8.19. The van der Waals surface area contributed by atoms with Crippen molar-refractivity contribution in [1.29, 1.82) is 0 Å². The molecule has 1 saturated heterocycles. The molecule has 2 rings (SSSR count). The van der Waals surface area contributed by atoms with Gasteiger partial charge in [-0.2, -0.15) is 0 Å². The van der Waals surface area contributed by atoms with Crippen LogP contribution in [0.4, 0.5) is 0 Å². The van der Waals surface area contributed by atoms with Crippen LogP contribution in [0.2, 0.25) is 0 Å². The first-order valence-electron chi connectivity index (χ1n) is 7.08. The van der Waals surface area contributed by atoms with Crippen LogP contribution in [0.1, 0.15) is 32.6 Å². The summed E-state index contributed by atoms with van der Waals surface area (Å²) < 4.78 is 5.23. The number of hydrogen-bond acceptors (Lipinski definition) is 3. The van der Waals surface area contributed by atoms with Crippen molar-refractivity contribution in [3.05, 3.63) is 0 Å². The number of likely N-dealkylation sites (tertiary alicyclic amines) is 1. The van der Waals surface area contributed by atoms with E-state index in [-0.39, 0.29) is 0 Å². The molecule has 1 aliphatic heterocycles. The third-order valence-corrected chi connectivity index (χ3v) is 4.71. The number of methoxy groups -OCH3 is 1. The van der Waals surface area contributed by atoms with Crippen LogP contribution in [0.5, 0.6) is 0 Å². The molecule has 1 heterocycles. The van der Waals surface area contributed by atoms with E-state index in [1.54, 1.807) is 0 Å². The summed E-state index contributed by atoms with van der Waals surface area (Å²) in [6, 6.07) is 0.723. The second kappa shape index (κ2) is 5.68. The molecule has 0 amide bonds. The van der Waals surface area contributed by atoms with Crippen molar-refractivity contribution in [2.45, 2.75) is 38.6 Å². The molecule has 0 aromatic rings. The van der Waals surface area contributed by atoms with Crippen LogP contribution in [0.3, 0.4) is 0 Å². The van der Waals surface area contributed by atoms with E-state index in [0.29, 0.717) is 5.41 Å². The monoisotopic (exact) mass is 240 g/mol. The van der Waals surface area contributed by atoms with Crippen molar-refractivity contribution < 1.29 is 4.74 Å². The highest BCUT2D eigenvalue weighted by Gasteiger charge is 2.44. The quantitative estimate of drug-likeness (QED) is 0.765. The maximum atomic E-state index is 5.23. The van der Waals surface area contributed by atoms with Crippen molar-refractivity contribution in [3.63, 3.8) is 0 Å². The standard InChI is InChI=1S/C14H28N2O/c1-12-10-16(8-4-13(12)15-2)11-14(5-6-14)7-9-17-3/h12-13,15H,4-11H2,1-3H3. The van der Waals surface area contributed by atoms with Crippen LogP contribution >= 0.6 is 0 Å². The van der Waals surface area contributed by atoms with Crippen LogP contribution in [0.25, 0.3) is 0 Å². The zero-order valence-corrected chi connectivity index (χ0v) is 11.7. The Labute approximate surface area is 106 Å². The Morgan fingerprint density at radius 2 is 2.18 bits per heavy atom. The first-order valence-corrected chi connectivity index (χ1v) is 7.08. The number of piperidine rings is 1. The van der Waals surface area contributed by atoms with Gasteiger partial charge in [0.2, 0.25) is 0 Å². The molecule has 1 aliphatic carbocycles. The Balaban J connectivity index is 1.77. The molecule has 2 unspecified atom stereocenters. The molecule has 100 valence electrons. The third kappa shape index (κ3) is 3.43. The van der Waals surface area contributed by atoms with Crippen LogP contribution < -0.4 is 5.32 Å². The van der Waals surface area contributed by atoms with E-state index in [9.17, 15) is 0 Å². The molecule has 17 heavy (non-hydrogen) atoms.